The van der Waals surface area contributed by atoms with Crippen molar-refractivity contribution in [2.75, 3.05) is 5.32 Å². The van der Waals surface area contributed by atoms with Gasteiger partial charge in [-0.2, -0.15) is 0 Å². The molecular formula is C14H10ClF2NO. The van der Waals surface area contributed by atoms with Crippen LogP contribution in [-0.4, -0.2) is 5.91 Å². The number of hydrogen-bond donors (Lipinski definition) is 1. The zero-order chi connectivity index (χ0) is 14.0. The maximum Gasteiger partial charge on any atom is 0.255 e. The monoisotopic (exact) mass is 281 g/mol. The van der Waals surface area contributed by atoms with Crippen molar-refractivity contribution in [2.24, 2.45) is 0 Å². The largest absolute Gasteiger partial charge is 0.321 e. The molecular weight excluding hydrogens is 272 g/mol. The van der Waals surface area contributed by atoms with E-state index in [1.54, 1.807) is 18.2 Å². The van der Waals surface area contributed by atoms with E-state index in [-0.39, 0.29) is 5.56 Å². The van der Waals surface area contributed by atoms with Crippen LogP contribution < -0.4 is 5.32 Å². The van der Waals surface area contributed by atoms with Gasteiger partial charge >= 0.3 is 0 Å². The van der Waals surface area contributed by atoms with Crippen LogP contribution in [0.25, 0.3) is 0 Å². The Balaban J connectivity index is 2.23. The molecule has 0 aliphatic rings. The van der Waals surface area contributed by atoms with E-state index in [4.69, 9.17) is 11.6 Å². The molecule has 1 N–H and O–H groups in total. The quantitative estimate of drug-likeness (QED) is 0.879. The van der Waals surface area contributed by atoms with E-state index >= 15 is 0 Å². The number of nitrogens with one attached hydrogen (secondary N) is 1. The van der Waals surface area contributed by atoms with Gasteiger partial charge in [0, 0.05) is 5.56 Å². The Morgan fingerprint density at radius 1 is 1.11 bits per heavy atom. The number of halogens is 3. The summed E-state index contributed by atoms with van der Waals surface area (Å²) in [5.74, 6) is -2.61. The average Bonchev–Trinajstić information content (AvgIpc) is 2.36. The Hall–Kier alpha value is -1.94. The molecule has 2 aromatic rings. The Kier molecular flexibility index (Phi) is 3.81. The van der Waals surface area contributed by atoms with Crippen LogP contribution in [0.1, 0.15) is 15.9 Å². The topological polar surface area (TPSA) is 29.1 Å². The van der Waals surface area contributed by atoms with Crippen molar-refractivity contribution >= 4 is 23.2 Å². The molecule has 2 aromatic carbocycles. The second-order valence-corrected chi connectivity index (χ2v) is 4.47. The molecule has 5 heteroatoms. The van der Waals surface area contributed by atoms with E-state index in [0.29, 0.717) is 10.7 Å². The molecule has 0 unspecified atom stereocenters. The second kappa shape index (κ2) is 5.36. The van der Waals surface area contributed by atoms with Gasteiger partial charge in [0.25, 0.3) is 5.91 Å². The first-order valence-electron chi connectivity index (χ1n) is 5.50. The molecule has 19 heavy (non-hydrogen) atoms. The van der Waals surface area contributed by atoms with Crippen LogP contribution in [-0.2, 0) is 0 Å². The van der Waals surface area contributed by atoms with Crippen molar-refractivity contribution in [3.8, 4) is 0 Å². The Morgan fingerprint density at radius 3 is 2.47 bits per heavy atom. The van der Waals surface area contributed by atoms with Crippen LogP contribution in [0.15, 0.2) is 36.4 Å². The van der Waals surface area contributed by atoms with Gasteiger partial charge in [-0.15, -0.1) is 0 Å². The standard InChI is InChI=1S/C14H10ClF2NO/c1-8-2-5-13(10(15)6-8)18-14(19)9-3-4-11(16)12(17)7-9/h2-7H,1H3,(H,18,19). The van der Waals surface area contributed by atoms with Crippen molar-refractivity contribution in [3.63, 3.8) is 0 Å². The number of rotatable bonds is 2. The summed E-state index contributed by atoms with van der Waals surface area (Å²) in [7, 11) is 0. The van der Waals surface area contributed by atoms with Crippen molar-refractivity contribution in [1.82, 2.24) is 0 Å². The van der Waals surface area contributed by atoms with Gasteiger partial charge < -0.3 is 5.32 Å². The van der Waals surface area contributed by atoms with E-state index in [1.807, 2.05) is 6.92 Å². The molecule has 1 amide bonds. The van der Waals surface area contributed by atoms with Crippen molar-refractivity contribution < 1.29 is 13.6 Å². The average molecular weight is 282 g/mol. The third-order valence-electron chi connectivity index (χ3n) is 2.55. The fourth-order valence-corrected chi connectivity index (χ4v) is 1.84. The number of carbonyl (C=O) groups excluding carboxylic acids is 1. The highest BCUT2D eigenvalue weighted by molar-refractivity contribution is 6.34. The lowest BCUT2D eigenvalue weighted by molar-refractivity contribution is 0.102. The zero-order valence-electron chi connectivity index (χ0n) is 10.0. The molecule has 2 nitrogen and oxygen atoms in total. The summed E-state index contributed by atoms with van der Waals surface area (Å²) < 4.78 is 25.8. The predicted molar refractivity (Wildman–Crippen MR) is 70.5 cm³/mol. The molecule has 0 heterocycles. The van der Waals surface area contributed by atoms with Gasteiger partial charge in [-0.05, 0) is 42.8 Å². The van der Waals surface area contributed by atoms with Gasteiger partial charge in [0.2, 0.25) is 0 Å². The summed E-state index contributed by atoms with van der Waals surface area (Å²) in [6.07, 6.45) is 0. The van der Waals surface area contributed by atoms with Crippen LogP contribution in [0.5, 0.6) is 0 Å². The Bertz CT molecular complexity index is 643. The predicted octanol–water partition coefficient (Wildman–Crippen LogP) is 4.18. The van der Waals surface area contributed by atoms with Gasteiger partial charge in [-0.1, -0.05) is 17.7 Å². The third kappa shape index (κ3) is 3.09. The van der Waals surface area contributed by atoms with E-state index in [2.05, 4.69) is 5.32 Å². The van der Waals surface area contributed by atoms with Crippen LogP contribution in [0, 0.1) is 18.6 Å². The molecule has 0 radical (unpaired) electrons. The SMILES string of the molecule is Cc1ccc(NC(=O)c2ccc(F)c(F)c2)c(Cl)c1. The number of hydrogen-bond acceptors (Lipinski definition) is 1. The van der Waals surface area contributed by atoms with Gasteiger partial charge in [0.05, 0.1) is 10.7 Å². The number of anilines is 1. The minimum atomic E-state index is -1.07. The van der Waals surface area contributed by atoms with E-state index in [0.717, 1.165) is 17.7 Å². The van der Waals surface area contributed by atoms with Crippen molar-refractivity contribution in [1.29, 1.82) is 0 Å². The lowest BCUT2D eigenvalue weighted by atomic mass is 10.2. The van der Waals surface area contributed by atoms with Gasteiger partial charge in [0.15, 0.2) is 11.6 Å². The molecule has 0 saturated carbocycles. The fourth-order valence-electron chi connectivity index (χ4n) is 1.55. The summed E-state index contributed by atoms with van der Waals surface area (Å²) in [5.41, 5.74) is 1.40. The molecule has 0 spiro atoms. The normalized spacial score (nSPS) is 10.3. The maximum absolute atomic E-state index is 13.0. The lowest BCUT2D eigenvalue weighted by Crippen LogP contribution is -2.12. The fraction of sp³-hybridized carbons (Fsp3) is 0.0714. The summed E-state index contributed by atoms with van der Waals surface area (Å²) >= 11 is 5.97. The van der Waals surface area contributed by atoms with Crippen LogP contribution in [0.3, 0.4) is 0 Å². The number of aryl methyl sites for hydroxylation is 1. The number of carbonyl (C=O) groups is 1. The van der Waals surface area contributed by atoms with E-state index in [1.165, 1.54) is 6.07 Å². The molecule has 0 bridgehead atoms. The smallest absolute Gasteiger partial charge is 0.255 e. The van der Waals surface area contributed by atoms with Crippen LogP contribution in [0.4, 0.5) is 14.5 Å². The van der Waals surface area contributed by atoms with E-state index < -0.39 is 17.5 Å². The van der Waals surface area contributed by atoms with Crippen molar-refractivity contribution in [3.05, 3.63) is 64.2 Å². The first-order valence-corrected chi connectivity index (χ1v) is 5.88. The summed E-state index contributed by atoms with van der Waals surface area (Å²) in [6.45, 7) is 1.87. The second-order valence-electron chi connectivity index (χ2n) is 4.07. The highest BCUT2D eigenvalue weighted by atomic mass is 35.5. The summed E-state index contributed by atoms with van der Waals surface area (Å²) in [4.78, 5) is 11.9. The molecule has 0 aromatic heterocycles. The minimum absolute atomic E-state index is 0.0236. The first kappa shape index (κ1) is 13.5. The summed E-state index contributed by atoms with van der Waals surface area (Å²) in [5, 5.41) is 2.93. The Labute approximate surface area is 114 Å². The lowest BCUT2D eigenvalue weighted by Gasteiger charge is -2.08. The van der Waals surface area contributed by atoms with Crippen LogP contribution >= 0.6 is 11.6 Å². The van der Waals surface area contributed by atoms with E-state index in [9.17, 15) is 13.6 Å². The molecule has 0 fully saturated rings. The maximum atomic E-state index is 13.0. The highest BCUT2D eigenvalue weighted by Crippen LogP contribution is 2.23. The van der Waals surface area contributed by atoms with Crippen molar-refractivity contribution in [2.45, 2.75) is 6.92 Å². The molecule has 0 aliphatic heterocycles. The first-order chi connectivity index (χ1) is 8.97. The van der Waals surface area contributed by atoms with Crippen LogP contribution in [0.2, 0.25) is 5.02 Å². The molecule has 0 saturated heterocycles. The Morgan fingerprint density at radius 2 is 1.84 bits per heavy atom. The molecule has 98 valence electrons. The van der Waals surface area contributed by atoms with Gasteiger partial charge in [0.1, 0.15) is 0 Å². The van der Waals surface area contributed by atoms with Gasteiger partial charge in [-0.25, -0.2) is 8.78 Å². The minimum Gasteiger partial charge on any atom is -0.321 e. The number of benzene rings is 2. The third-order valence-corrected chi connectivity index (χ3v) is 2.87. The molecule has 2 rings (SSSR count). The number of amides is 1. The molecule has 0 atom stereocenters. The molecule has 0 aliphatic carbocycles. The zero-order valence-corrected chi connectivity index (χ0v) is 10.8. The summed E-state index contributed by atoms with van der Waals surface area (Å²) in [6, 6.07) is 8.08. The highest BCUT2D eigenvalue weighted by Gasteiger charge is 2.11. The van der Waals surface area contributed by atoms with Gasteiger partial charge in [-0.3, -0.25) is 4.79 Å².